The molecule has 1 aliphatic rings. The number of halogens is 1. The zero-order valence-electron chi connectivity index (χ0n) is 12.7. The Morgan fingerprint density at radius 2 is 1.89 bits per heavy atom. The highest BCUT2D eigenvalue weighted by Gasteiger charge is 2.28. The number of ether oxygens (including phenoxy) is 1. The Kier molecular flexibility index (Phi) is 9.72. The maximum absolute atomic E-state index is 5.40. The van der Waals surface area contributed by atoms with Crippen molar-refractivity contribution >= 4 is 29.9 Å². The Morgan fingerprint density at radius 3 is 2.42 bits per heavy atom. The molecule has 0 bridgehead atoms. The Bertz CT molecular complexity index is 265. The van der Waals surface area contributed by atoms with Crippen LogP contribution in [0.2, 0.25) is 0 Å². The summed E-state index contributed by atoms with van der Waals surface area (Å²) in [5.74, 6) is 0.887. The first kappa shape index (κ1) is 18.9. The molecule has 0 aromatic carbocycles. The average Bonchev–Trinajstić information content (AvgIpc) is 2.40. The fourth-order valence-corrected chi connectivity index (χ4v) is 2.04. The third-order valence-electron chi connectivity index (χ3n) is 3.32. The molecule has 0 aromatic rings. The number of hydrogen-bond donors (Lipinski definition) is 2. The summed E-state index contributed by atoms with van der Waals surface area (Å²) in [7, 11) is 1.81. The summed E-state index contributed by atoms with van der Waals surface area (Å²) >= 11 is 0. The van der Waals surface area contributed by atoms with E-state index in [2.05, 4.69) is 41.3 Å². The summed E-state index contributed by atoms with van der Waals surface area (Å²) in [4.78, 5) is 6.69. The molecule has 19 heavy (non-hydrogen) atoms. The summed E-state index contributed by atoms with van der Waals surface area (Å²) in [6.45, 7) is 12.2. The minimum absolute atomic E-state index is 0. The molecule has 0 amide bonds. The zero-order chi connectivity index (χ0) is 13.4. The number of aliphatic imine (C=N–C) groups is 1. The van der Waals surface area contributed by atoms with Gasteiger partial charge in [-0.3, -0.25) is 9.89 Å². The van der Waals surface area contributed by atoms with E-state index in [1.165, 1.54) is 0 Å². The van der Waals surface area contributed by atoms with Crippen molar-refractivity contribution in [3.05, 3.63) is 0 Å². The first-order chi connectivity index (χ1) is 8.60. The van der Waals surface area contributed by atoms with E-state index < -0.39 is 0 Å². The van der Waals surface area contributed by atoms with Gasteiger partial charge in [-0.05, 0) is 20.3 Å². The van der Waals surface area contributed by atoms with Crippen molar-refractivity contribution in [1.29, 1.82) is 0 Å². The van der Waals surface area contributed by atoms with Crippen LogP contribution in [-0.2, 0) is 4.74 Å². The van der Waals surface area contributed by atoms with Crippen LogP contribution < -0.4 is 10.6 Å². The van der Waals surface area contributed by atoms with E-state index >= 15 is 0 Å². The highest BCUT2D eigenvalue weighted by molar-refractivity contribution is 14.0. The van der Waals surface area contributed by atoms with E-state index in [0.29, 0.717) is 0 Å². The van der Waals surface area contributed by atoms with E-state index in [4.69, 9.17) is 4.74 Å². The van der Waals surface area contributed by atoms with Gasteiger partial charge in [-0.2, -0.15) is 0 Å². The fourth-order valence-electron chi connectivity index (χ4n) is 2.04. The van der Waals surface area contributed by atoms with Crippen molar-refractivity contribution in [3.63, 3.8) is 0 Å². The largest absolute Gasteiger partial charge is 0.379 e. The lowest BCUT2D eigenvalue weighted by Crippen LogP contribution is -2.56. The molecule has 1 fully saturated rings. The summed E-state index contributed by atoms with van der Waals surface area (Å²) in [6, 6.07) is 0. The number of morpholine rings is 1. The molecular weight excluding hydrogens is 355 g/mol. The van der Waals surface area contributed by atoms with Crippen molar-refractivity contribution < 1.29 is 4.74 Å². The van der Waals surface area contributed by atoms with Crippen LogP contribution in [0.4, 0.5) is 0 Å². The summed E-state index contributed by atoms with van der Waals surface area (Å²) in [5.41, 5.74) is 0.119. The van der Waals surface area contributed by atoms with Gasteiger partial charge in [0.25, 0.3) is 0 Å². The summed E-state index contributed by atoms with van der Waals surface area (Å²) < 4.78 is 5.40. The van der Waals surface area contributed by atoms with Crippen LogP contribution in [0.25, 0.3) is 0 Å². The maximum Gasteiger partial charge on any atom is 0.191 e. The quantitative estimate of drug-likeness (QED) is 0.426. The molecule has 1 saturated heterocycles. The van der Waals surface area contributed by atoms with Gasteiger partial charge in [0.2, 0.25) is 0 Å². The summed E-state index contributed by atoms with van der Waals surface area (Å²) in [6.07, 6.45) is 1.10. The average molecular weight is 384 g/mol. The highest BCUT2D eigenvalue weighted by Crippen LogP contribution is 2.14. The Labute approximate surface area is 134 Å². The molecule has 5 nitrogen and oxygen atoms in total. The molecule has 0 radical (unpaired) electrons. The van der Waals surface area contributed by atoms with Crippen molar-refractivity contribution in [2.45, 2.75) is 32.7 Å². The molecule has 2 N–H and O–H groups in total. The number of guanidine groups is 1. The second-order valence-electron chi connectivity index (χ2n) is 5.26. The predicted molar refractivity (Wildman–Crippen MR) is 91.5 cm³/mol. The number of hydrogen-bond acceptors (Lipinski definition) is 3. The van der Waals surface area contributed by atoms with Gasteiger partial charge in [0.1, 0.15) is 0 Å². The van der Waals surface area contributed by atoms with E-state index in [9.17, 15) is 0 Å². The van der Waals surface area contributed by atoms with Gasteiger partial charge in [-0.1, -0.05) is 6.92 Å². The Balaban J connectivity index is 0.00000324. The maximum atomic E-state index is 5.40. The standard InChI is InChI=1S/C13H28N4O.HI/c1-5-6-15-12(14-4)16-11-13(2,3)17-7-9-18-10-8-17;/h5-11H2,1-4H3,(H2,14,15,16);1H. The van der Waals surface area contributed by atoms with Crippen molar-refractivity contribution in [2.24, 2.45) is 4.99 Å². The third-order valence-corrected chi connectivity index (χ3v) is 3.32. The van der Waals surface area contributed by atoms with E-state index in [1.807, 2.05) is 7.05 Å². The molecule has 1 heterocycles. The summed E-state index contributed by atoms with van der Waals surface area (Å²) in [5, 5.41) is 6.69. The van der Waals surface area contributed by atoms with Crippen LogP contribution in [0.3, 0.4) is 0 Å². The lowest BCUT2D eigenvalue weighted by Gasteiger charge is -2.41. The van der Waals surface area contributed by atoms with Crippen LogP contribution in [0.15, 0.2) is 4.99 Å². The van der Waals surface area contributed by atoms with Gasteiger partial charge in [0.15, 0.2) is 5.96 Å². The van der Waals surface area contributed by atoms with Crippen molar-refractivity contribution in [1.82, 2.24) is 15.5 Å². The minimum Gasteiger partial charge on any atom is -0.379 e. The van der Waals surface area contributed by atoms with Gasteiger partial charge in [-0.15, -0.1) is 24.0 Å². The van der Waals surface area contributed by atoms with Gasteiger partial charge in [0.05, 0.1) is 13.2 Å². The number of nitrogens with zero attached hydrogens (tertiary/aromatic N) is 2. The molecule has 1 aliphatic heterocycles. The smallest absolute Gasteiger partial charge is 0.191 e. The molecular formula is C13H29IN4O. The fraction of sp³-hybridized carbons (Fsp3) is 0.923. The molecule has 0 saturated carbocycles. The number of nitrogens with one attached hydrogen (secondary N) is 2. The van der Waals surface area contributed by atoms with E-state index in [1.54, 1.807) is 0 Å². The van der Waals surface area contributed by atoms with Crippen molar-refractivity contribution in [2.75, 3.05) is 46.4 Å². The lowest BCUT2D eigenvalue weighted by atomic mass is 10.0. The van der Waals surface area contributed by atoms with Crippen molar-refractivity contribution in [3.8, 4) is 0 Å². The molecule has 0 unspecified atom stereocenters. The molecule has 6 heteroatoms. The lowest BCUT2D eigenvalue weighted by molar-refractivity contribution is -0.00833. The molecule has 0 aliphatic carbocycles. The van der Waals surface area contributed by atoms with Crippen LogP contribution in [0.5, 0.6) is 0 Å². The molecule has 0 aromatic heterocycles. The monoisotopic (exact) mass is 384 g/mol. The second kappa shape index (κ2) is 9.77. The predicted octanol–water partition coefficient (Wildman–Crippen LogP) is 1.29. The SMILES string of the molecule is CCCNC(=NC)NCC(C)(C)N1CCOCC1.I. The second-order valence-corrected chi connectivity index (χ2v) is 5.26. The van der Waals surface area contributed by atoms with Gasteiger partial charge in [0, 0.05) is 38.8 Å². The molecule has 0 spiro atoms. The minimum atomic E-state index is 0. The normalized spacial score (nSPS) is 17.8. The number of rotatable bonds is 5. The van der Waals surface area contributed by atoms with E-state index in [-0.39, 0.29) is 29.5 Å². The zero-order valence-corrected chi connectivity index (χ0v) is 15.0. The molecule has 0 atom stereocenters. The Hall–Kier alpha value is -0.0800. The molecule has 1 rings (SSSR count). The molecule has 114 valence electrons. The van der Waals surface area contributed by atoms with Gasteiger partial charge in [-0.25, -0.2) is 0 Å². The van der Waals surface area contributed by atoms with Crippen LogP contribution in [0.1, 0.15) is 27.2 Å². The van der Waals surface area contributed by atoms with Crippen LogP contribution >= 0.6 is 24.0 Å². The van der Waals surface area contributed by atoms with Crippen LogP contribution in [0, 0.1) is 0 Å². The highest BCUT2D eigenvalue weighted by atomic mass is 127. The van der Waals surface area contributed by atoms with E-state index in [0.717, 1.165) is 51.8 Å². The topological polar surface area (TPSA) is 48.9 Å². The van der Waals surface area contributed by atoms with Crippen LogP contribution in [-0.4, -0.2) is 62.8 Å². The first-order valence-electron chi connectivity index (χ1n) is 6.87. The third kappa shape index (κ3) is 6.76. The Morgan fingerprint density at radius 1 is 1.26 bits per heavy atom. The first-order valence-corrected chi connectivity index (χ1v) is 6.87. The van der Waals surface area contributed by atoms with Gasteiger partial charge < -0.3 is 15.4 Å². The van der Waals surface area contributed by atoms with Gasteiger partial charge >= 0.3 is 0 Å².